The Morgan fingerprint density at radius 3 is 2.71 bits per heavy atom. The molecule has 0 aromatic carbocycles. The summed E-state index contributed by atoms with van der Waals surface area (Å²) in [5, 5.41) is 12.6. The third-order valence-electron chi connectivity index (χ3n) is 3.74. The van der Waals surface area contributed by atoms with Gasteiger partial charge in [-0.25, -0.2) is 4.39 Å². The summed E-state index contributed by atoms with van der Waals surface area (Å²) in [6.45, 7) is 2.55. The van der Waals surface area contributed by atoms with E-state index in [0.29, 0.717) is 5.92 Å². The second-order valence-electron chi connectivity index (χ2n) is 4.49. The van der Waals surface area contributed by atoms with Crippen LogP contribution in [-0.4, -0.2) is 48.7 Å². The summed E-state index contributed by atoms with van der Waals surface area (Å²) < 4.78 is 13.9. The smallest absolute Gasteiger partial charge is 0.376 e. The number of nitrogens with one attached hydrogen (secondary N) is 1. The van der Waals surface area contributed by atoms with Crippen LogP contribution in [0.3, 0.4) is 0 Å². The van der Waals surface area contributed by atoms with Gasteiger partial charge < -0.3 is 15.2 Å². The first kappa shape index (κ1) is 10.4. The molecule has 0 radical (unpaired) electrons. The van der Waals surface area contributed by atoms with Gasteiger partial charge in [0.25, 0.3) is 0 Å². The van der Waals surface area contributed by atoms with Crippen molar-refractivity contribution in [3.8, 4) is 0 Å². The van der Waals surface area contributed by atoms with Crippen molar-refractivity contribution in [2.75, 3.05) is 13.6 Å². The van der Waals surface area contributed by atoms with Crippen LogP contribution in [0.5, 0.6) is 0 Å². The topological polar surface area (TPSA) is 35.5 Å². The number of halogens is 1. The lowest BCUT2D eigenvalue weighted by Gasteiger charge is -2.52. The van der Waals surface area contributed by atoms with E-state index in [1.54, 1.807) is 6.82 Å². The molecule has 3 aliphatic rings. The van der Waals surface area contributed by atoms with Gasteiger partial charge >= 0.3 is 7.05 Å². The fourth-order valence-electron chi connectivity index (χ4n) is 3.01. The van der Waals surface area contributed by atoms with Gasteiger partial charge in [-0.2, -0.15) is 0 Å². The Bertz CT molecular complexity index is 215. The summed E-state index contributed by atoms with van der Waals surface area (Å²) in [5.74, 6) is 0.356. The number of hydrogen-bond donors (Lipinski definition) is 2. The molecule has 3 nitrogen and oxygen atoms in total. The zero-order valence-electron chi connectivity index (χ0n) is 8.78. The van der Waals surface area contributed by atoms with E-state index in [2.05, 4.69) is 5.32 Å². The molecule has 2 unspecified atom stereocenters. The van der Waals surface area contributed by atoms with Gasteiger partial charge in [-0.1, -0.05) is 0 Å². The minimum absolute atomic E-state index is 0.0104. The number of nitrogens with zero attached hydrogens (tertiary/aromatic N) is 1. The first-order valence-corrected chi connectivity index (χ1v) is 5.40. The molecule has 5 heteroatoms. The van der Waals surface area contributed by atoms with Gasteiger partial charge in [0.05, 0.1) is 0 Å². The molecule has 1 saturated carbocycles. The third-order valence-corrected chi connectivity index (χ3v) is 3.74. The van der Waals surface area contributed by atoms with Crippen molar-refractivity contribution in [1.82, 2.24) is 10.1 Å². The molecular weight excluding hydrogens is 182 g/mol. The Morgan fingerprint density at radius 1 is 1.50 bits per heavy atom. The van der Waals surface area contributed by atoms with Crippen LogP contribution in [0.1, 0.15) is 12.8 Å². The van der Waals surface area contributed by atoms with Gasteiger partial charge in [-0.05, 0) is 39.2 Å². The van der Waals surface area contributed by atoms with Crippen LogP contribution >= 0.6 is 0 Å². The molecule has 4 atom stereocenters. The van der Waals surface area contributed by atoms with E-state index >= 15 is 0 Å². The Morgan fingerprint density at radius 2 is 2.21 bits per heavy atom. The fourth-order valence-corrected chi connectivity index (χ4v) is 3.01. The molecule has 1 aliphatic carbocycles. The highest BCUT2D eigenvalue weighted by Gasteiger charge is 2.48. The summed E-state index contributed by atoms with van der Waals surface area (Å²) in [6.07, 6.45) is 1.14. The van der Waals surface area contributed by atoms with Gasteiger partial charge in [0.2, 0.25) is 0 Å². The molecule has 2 saturated heterocycles. The number of alkyl halides is 1. The number of rotatable bonds is 2. The lowest BCUT2D eigenvalue weighted by molar-refractivity contribution is -0.00539. The zero-order chi connectivity index (χ0) is 10.3. The molecule has 3 rings (SSSR count). The predicted octanol–water partition coefficient (Wildman–Crippen LogP) is 0.117. The van der Waals surface area contributed by atoms with Crippen LogP contribution in [0.2, 0.25) is 6.82 Å². The van der Waals surface area contributed by atoms with Crippen LogP contribution < -0.4 is 5.32 Å². The maximum Gasteiger partial charge on any atom is 0.376 e. The normalized spacial score (nSPS) is 42.9. The highest BCUT2D eigenvalue weighted by atomic mass is 19.1. The second-order valence-corrected chi connectivity index (χ2v) is 4.49. The number of piperidine rings is 2. The monoisotopic (exact) mass is 200 g/mol. The zero-order valence-corrected chi connectivity index (χ0v) is 8.78. The van der Waals surface area contributed by atoms with Crippen molar-refractivity contribution < 1.29 is 9.41 Å². The molecule has 2 bridgehead atoms. The highest BCUT2D eigenvalue weighted by molar-refractivity contribution is 6.45. The van der Waals surface area contributed by atoms with Crippen LogP contribution in [-0.2, 0) is 0 Å². The van der Waals surface area contributed by atoms with E-state index in [-0.39, 0.29) is 12.1 Å². The first-order valence-electron chi connectivity index (χ1n) is 5.40. The van der Waals surface area contributed by atoms with Crippen molar-refractivity contribution in [2.45, 2.75) is 37.9 Å². The summed E-state index contributed by atoms with van der Waals surface area (Å²) >= 11 is 0. The van der Waals surface area contributed by atoms with Crippen molar-refractivity contribution in [3.05, 3.63) is 0 Å². The van der Waals surface area contributed by atoms with E-state index in [0.717, 1.165) is 19.4 Å². The maximum atomic E-state index is 13.9. The Hall–Kier alpha value is -0.125. The average Bonchev–Trinajstić information content (AvgIpc) is 2.18. The quantitative estimate of drug-likeness (QED) is 0.621. The molecule has 14 heavy (non-hydrogen) atoms. The fraction of sp³-hybridized carbons (Fsp3) is 1.00. The Balaban J connectivity index is 2.13. The number of hydrogen-bond acceptors (Lipinski definition) is 3. The summed E-state index contributed by atoms with van der Waals surface area (Å²) in [7, 11) is 1.31. The van der Waals surface area contributed by atoms with Gasteiger partial charge in [0, 0.05) is 12.1 Å². The van der Waals surface area contributed by atoms with Crippen LogP contribution in [0.15, 0.2) is 0 Å². The SMILES string of the molecule is CN[C@H]1C2CCC([C@H]1F)N(B(C)O)C2. The molecule has 80 valence electrons. The number of fused-ring (bicyclic) bond motifs is 3. The standard InChI is InChI=1S/C9H18BFN2O/c1-10(14)13-5-6-3-4-7(13)8(11)9(6)12-2/h6-9,12,14H,3-5H2,1-2H3/t6?,7?,8-,9+/m1/s1. The summed E-state index contributed by atoms with van der Waals surface area (Å²) in [4.78, 5) is 1.90. The average molecular weight is 200 g/mol. The molecule has 2 N–H and O–H groups in total. The molecule has 2 aliphatic heterocycles. The molecule has 2 heterocycles. The van der Waals surface area contributed by atoms with E-state index in [1.165, 1.54) is 0 Å². The van der Waals surface area contributed by atoms with Gasteiger partial charge in [0.15, 0.2) is 0 Å². The second kappa shape index (κ2) is 3.79. The lowest BCUT2D eigenvalue weighted by Crippen LogP contribution is -2.67. The first-order chi connectivity index (χ1) is 6.65. The van der Waals surface area contributed by atoms with Crippen molar-refractivity contribution in [1.29, 1.82) is 0 Å². The largest absolute Gasteiger partial charge is 0.437 e. The minimum atomic E-state index is -0.831. The molecule has 0 aromatic rings. The highest BCUT2D eigenvalue weighted by Crippen LogP contribution is 2.37. The molecule has 0 spiro atoms. The van der Waals surface area contributed by atoms with E-state index < -0.39 is 13.2 Å². The Kier molecular flexibility index (Phi) is 2.82. The lowest BCUT2D eigenvalue weighted by atomic mass is 9.68. The third kappa shape index (κ3) is 1.47. The van der Waals surface area contributed by atoms with E-state index in [9.17, 15) is 9.41 Å². The van der Waals surface area contributed by atoms with Crippen molar-refractivity contribution >= 4 is 7.05 Å². The van der Waals surface area contributed by atoms with Crippen LogP contribution in [0, 0.1) is 5.92 Å². The van der Waals surface area contributed by atoms with Gasteiger partial charge in [0.1, 0.15) is 6.17 Å². The van der Waals surface area contributed by atoms with Gasteiger partial charge in [-0.3, -0.25) is 0 Å². The summed E-state index contributed by atoms with van der Waals surface area (Å²) in [5.41, 5.74) is 0. The Labute approximate surface area is 84.8 Å². The van der Waals surface area contributed by atoms with E-state index in [1.807, 2.05) is 11.9 Å². The van der Waals surface area contributed by atoms with Gasteiger partial charge in [-0.15, -0.1) is 0 Å². The van der Waals surface area contributed by atoms with Crippen LogP contribution in [0.4, 0.5) is 4.39 Å². The molecular formula is C9H18BFN2O. The predicted molar refractivity (Wildman–Crippen MR) is 54.8 cm³/mol. The molecule has 3 fully saturated rings. The maximum absolute atomic E-state index is 13.9. The summed E-state index contributed by atoms with van der Waals surface area (Å²) in [6, 6.07) is -0.0961. The van der Waals surface area contributed by atoms with Crippen molar-refractivity contribution in [3.63, 3.8) is 0 Å². The minimum Gasteiger partial charge on any atom is -0.437 e. The van der Waals surface area contributed by atoms with Crippen LogP contribution in [0.25, 0.3) is 0 Å². The van der Waals surface area contributed by atoms with Crippen molar-refractivity contribution in [2.24, 2.45) is 5.92 Å². The van der Waals surface area contributed by atoms with E-state index in [4.69, 9.17) is 0 Å². The molecule has 0 aromatic heterocycles. The molecule has 0 amide bonds.